The first kappa shape index (κ1) is 19.9. The Bertz CT molecular complexity index is 804. The molecule has 2 atom stereocenters. The SMILES string of the molecule is CC(C)[C@](C)(C#N)NC(=O)CN1C(=O)N[C@](C)(c2cccc(Br)c2)C1=O. The second-order valence-corrected chi connectivity index (χ2v) is 7.89. The van der Waals surface area contributed by atoms with Gasteiger partial charge in [0.1, 0.15) is 17.6 Å². The van der Waals surface area contributed by atoms with Gasteiger partial charge in [0, 0.05) is 4.47 Å². The van der Waals surface area contributed by atoms with E-state index in [0.29, 0.717) is 5.56 Å². The Labute approximate surface area is 160 Å². The number of nitrogens with one attached hydrogen (secondary N) is 2. The van der Waals surface area contributed by atoms with Gasteiger partial charge in [0.15, 0.2) is 0 Å². The molecule has 26 heavy (non-hydrogen) atoms. The summed E-state index contributed by atoms with van der Waals surface area (Å²) in [5.41, 5.74) is -1.72. The van der Waals surface area contributed by atoms with E-state index in [1.807, 2.05) is 19.9 Å². The third kappa shape index (κ3) is 3.58. The van der Waals surface area contributed by atoms with Crippen LogP contribution in [0.2, 0.25) is 0 Å². The smallest absolute Gasteiger partial charge is 0.325 e. The summed E-state index contributed by atoms with van der Waals surface area (Å²) in [6.45, 7) is 6.37. The first-order valence-electron chi connectivity index (χ1n) is 8.16. The molecule has 7 nitrogen and oxygen atoms in total. The predicted molar refractivity (Wildman–Crippen MR) is 98.7 cm³/mol. The van der Waals surface area contributed by atoms with Crippen LogP contribution >= 0.6 is 15.9 Å². The highest BCUT2D eigenvalue weighted by Gasteiger charge is 2.49. The molecule has 2 N–H and O–H groups in total. The summed E-state index contributed by atoms with van der Waals surface area (Å²) < 4.78 is 0.774. The molecule has 0 spiro atoms. The molecule has 0 aromatic heterocycles. The maximum Gasteiger partial charge on any atom is 0.325 e. The van der Waals surface area contributed by atoms with Gasteiger partial charge in [-0.2, -0.15) is 5.26 Å². The molecule has 1 aliphatic heterocycles. The van der Waals surface area contributed by atoms with Crippen LogP contribution in [0.3, 0.4) is 0 Å². The maximum absolute atomic E-state index is 12.8. The lowest BCUT2D eigenvalue weighted by atomic mass is 9.90. The highest BCUT2D eigenvalue weighted by atomic mass is 79.9. The lowest BCUT2D eigenvalue weighted by Crippen LogP contribution is -2.52. The zero-order valence-electron chi connectivity index (χ0n) is 15.1. The standard InChI is InChI=1S/C18H21BrN4O3/c1-11(2)17(3,10-20)21-14(24)9-23-15(25)18(4,22-16(23)26)12-6-5-7-13(19)8-12/h5-8,11H,9H2,1-4H3,(H,21,24)(H,22,26)/t17-,18+/m0/s1. The van der Waals surface area contributed by atoms with Crippen molar-refractivity contribution in [2.45, 2.75) is 38.8 Å². The Balaban J connectivity index is 2.19. The van der Waals surface area contributed by atoms with Crippen LogP contribution in [0.25, 0.3) is 0 Å². The number of carbonyl (C=O) groups is 3. The van der Waals surface area contributed by atoms with Crippen molar-refractivity contribution in [1.82, 2.24) is 15.5 Å². The van der Waals surface area contributed by atoms with Crippen molar-refractivity contribution >= 4 is 33.8 Å². The van der Waals surface area contributed by atoms with Crippen LogP contribution in [-0.4, -0.2) is 34.8 Å². The molecule has 4 amide bonds. The number of urea groups is 1. The maximum atomic E-state index is 12.8. The highest BCUT2D eigenvalue weighted by molar-refractivity contribution is 9.10. The molecule has 138 valence electrons. The molecule has 0 bridgehead atoms. The van der Waals surface area contributed by atoms with Gasteiger partial charge in [0.05, 0.1) is 6.07 Å². The van der Waals surface area contributed by atoms with Gasteiger partial charge in [-0.05, 0) is 37.5 Å². The van der Waals surface area contributed by atoms with Crippen LogP contribution < -0.4 is 10.6 Å². The molecule has 0 radical (unpaired) electrons. The van der Waals surface area contributed by atoms with Gasteiger partial charge in [-0.1, -0.05) is 41.9 Å². The molecule has 1 heterocycles. The Hall–Kier alpha value is -2.40. The molecule has 1 aromatic rings. The van der Waals surface area contributed by atoms with Crippen molar-refractivity contribution < 1.29 is 14.4 Å². The molecule has 8 heteroatoms. The van der Waals surface area contributed by atoms with E-state index in [1.165, 1.54) is 0 Å². The Morgan fingerprint density at radius 1 is 1.46 bits per heavy atom. The van der Waals surface area contributed by atoms with E-state index in [-0.39, 0.29) is 5.92 Å². The number of nitrogens with zero attached hydrogens (tertiary/aromatic N) is 2. The second kappa shape index (κ2) is 7.08. The first-order chi connectivity index (χ1) is 12.0. The van der Waals surface area contributed by atoms with Crippen LogP contribution in [0.5, 0.6) is 0 Å². The summed E-state index contributed by atoms with van der Waals surface area (Å²) in [5, 5.41) is 14.6. The number of hydrogen-bond acceptors (Lipinski definition) is 4. The van der Waals surface area contributed by atoms with E-state index in [4.69, 9.17) is 0 Å². The Morgan fingerprint density at radius 3 is 2.65 bits per heavy atom. The zero-order chi connectivity index (χ0) is 19.7. The van der Waals surface area contributed by atoms with E-state index in [2.05, 4.69) is 32.6 Å². The van der Waals surface area contributed by atoms with E-state index < -0.39 is 35.5 Å². The first-order valence-corrected chi connectivity index (χ1v) is 8.95. The van der Waals surface area contributed by atoms with Gasteiger partial charge in [-0.3, -0.25) is 14.5 Å². The van der Waals surface area contributed by atoms with Gasteiger partial charge in [0.25, 0.3) is 5.91 Å². The van der Waals surface area contributed by atoms with Gasteiger partial charge >= 0.3 is 6.03 Å². The van der Waals surface area contributed by atoms with Crippen LogP contribution in [-0.2, 0) is 15.1 Å². The number of rotatable bonds is 5. The molecule has 2 rings (SSSR count). The van der Waals surface area contributed by atoms with Crippen LogP contribution in [0.1, 0.15) is 33.3 Å². The largest absolute Gasteiger partial charge is 0.336 e. The summed E-state index contributed by atoms with van der Waals surface area (Å²) in [5.74, 6) is -1.21. The third-order valence-corrected chi connectivity index (χ3v) is 5.26. The topological polar surface area (TPSA) is 102 Å². The molecule has 1 aliphatic rings. The second-order valence-electron chi connectivity index (χ2n) is 6.97. The minimum atomic E-state index is -1.25. The quantitative estimate of drug-likeness (QED) is 0.712. The lowest BCUT2D eigenvalue weighted by Gasteiger charge is -2.28. The Kier molecular flexibility index (Phi) is 5.42. The molecule has 0 unspecified atom stereocenters. The average molecular weight is 421 g/mol. The summed E-state index contributed by atoms with van der Waals surface area (Å²) >= 11 is 3.35. The van der Waals surface area contributed by atoms with Crippen molar-refractivity contribution in [3.8, 4) is 6.07 Å². The van der Waals surface area contributed by atoms with Crippen LogP contribution in [0.4, 0.5) is 4.79 Å². The van der Waals surface area contributed by atoms with Gasteiger partial charge < -0.3 is 10.6 Å². The van der Waals surface area contributed by atoms with Gasteiger partial charge in [-0.25, -0.2) is 4.79 Å². The predicted octanol–water partition coefficient (Wildman–Crippen LogP) is 2.27. The van der Waals surface area contributed by atoms with Crippen molar-refractivity contribution in [2.24, 2.45) is 5.92 Å². The molecule has 1 aromatic carbocycles. The fraction of sp³-hybridized carbons (Fsp3) is 0.444. The molecule has 1 saturated heterocycles. The third-order valence-electron chi connectivity index (χ3n) is 4.76. The highest BCUT2D eigenvalue weighted by Crippen LogP contribution is 2.30. The van der Waals surface area contributed by atoms with Gasteiger partial charge in [0.2, 0.25) is 5.91 Å². The zero-order valence-corrected chi connectivity index (χ0v) is 16.7. The van der Waals surface area contributed by atoms with Gasteiger partial charge in [-0.15, -0.1) is 0 Å². The number of imide groups is 1. The number of nitriles is 1. The molecular weight excluding hydrogens is 400 g/mol. The number of carbonyl (C=O) groups excluding carboxylic acids is 3. The number of hydrogen-bond donors (Lipinski definition) is 2. The van der Waals surface area contributed by atoms with Crippen molar-refractivity contribution in [3.63, 3.8) is 0 Å². The average Bonchev–Trinajstić information content (AvgIpc) is 2.79. The van der Waals surface area contributed by atoms with Crippen molar-refractivity contribution in [1.29, 1.82) is 5.26 Å². The minimum Gasteiger partial charge on any atom is -0.336 e. The molecular formula is C18H21BrN4O3. The number of halogens is 1. The Morgan fingerprint density at radius 2 is 2.12 bits per heavy atom. The fourth-order valence-electron chi connectivity index (χ4n) is 2.61. The normalized spacial score (nSPS) is 22.0. The fourth-order valence-corrected chi connectivity index (χ4v) is 3.01. The van der Waals surface area contributed by atoms with Crippen molar-refractivity contribution in [3.05, 3.63) is 34.3 Å². The number of benzene rings is 1. The molecule has 0 aliphatic carbocycles. The monoisotopic (exact) mass is 420 g/mol. The lowest BCUT2D eigenvalue weighted by molar-refractivity contribution is -0.135. The van der Waals surface area contributed by atoms with E-state index in [1.54, 1.807) is 32.0 Å². The summed E-state index contributed by atoms with van der Waals surface area (Å²) in [4.78, 5) is 38.3. The van der Waals surface area contributed by atoms with E-state index >= 15 is 0 Å². The van der Waals surface area contributed by atoms with Crippen molar-refractivity contribution in [2.75, 3.05) is 6.54 Å². The summed E-state index contributed by atoms with van der Waals surface area (Å²) in [6.07, 6.45) is 0. The van der Waals surface area contributed by atoms with E-state index in [0.717, 1.165) is 9.37 Å². The molecule has 0 saturated carbocycles. The van der Waals surface area contributed by atoms with E-state index in [9.17, 15) is 19.6 Å². The number of amides is 4. The van der Waals surface area contributed by atoms with Crippen LogP contribution in [0, 0.1) is 17.2 Å². The summed E-state index contributed by atoms with van der Waals surface area (Å²) in [6, 6.07) is 8.48. The minimum absolute atomic E-state index is 0.133. The summed E-state index contributed by atoms with van der Waals surface area (Å²) in [7, 11) is 0. The molecule has 1 fully saturated rings. The van der Waals surface area contributed by atoms with Crippen LogP contribution in [0.15, 0.2) is 28.7 Å².